The average molecular weight is 328 g/mol. The summed E-state index contributed by atoms with van der Waals surface area (Å²) in [7, 11) is 0. The van der Waals surface area contributed by atoms with Crippen molar-refractivity contribution in [2.24, 2.45) is 11.8 Å². The van der Waals surface area contributed by atoms with Gasteiger partial charge in [0.1, 0.15) is 0 Å². The van der Waals surface area contributed by atoms with Crippen molar-refractivity contribution in [2.45, 2.75) is 12.8 Å². The Morgan fingerprint density at radius 1 is 0.913 bits per heavy atom. The van der Waals surface area contributed by atoms with Crippen molar-refractivity contribution in [1.29, 1.82) is 0 Å². The fraction of sp³-hybridized carbons (Fsp3) is 0.350. The third-order valence-corrected chi connectivity index (χ3v) is 5.27. The lowest BCUT2D eigenvalue weighted by atomic mass is 9.75. The molecule has 2 nitrogen and oxygen atoms in total. The molecule has 3 saturated heterocycles. The van der Waals surface area contributed by atoms with E-state index in [0.29, 0.717) is 11.7 Å². The number of hydrogen-bond donors (Lipinski definition) is 0. The normalized spacial score (nSPS) is 25.7. The number of nitrogens with zero attached hydrogens (tertiary/aromatic N) is 1. The molecule has 120 valence electrons. The Morgan fingerprint density at radius 3 is 2.09 bits per heavy atom. The molecule has 3 aliphatic rings. The molecular formula is C20H22ClNO. The van der Waals surface area contributed by atoms with E-state index in [1.165, 1.54) is 37.1 Å². The maximum Gasteiger partial charge on any atom is 1.00 e. The number of ketones is 1. The van der Waals surface area contributed by atoms with Crippen LogP contribution in [0.3, 0.4) is 0 Å². The highest BCUT2D eigenvalue weighted by Gasteiger charge is 2.38. The van der Waals surface area contributed by atoms with Crippen molar-refractivity contribution in [3.8, 4) is 11.1 Å². The van der Waals surface area contributed by atoms with Gasteiger partial charge in [0.15, 0.2) is 5.78 Å². The zero-order valence-corrected chi connectivity index (χ0v) is 13.9. The molecule has 0 saturated carbocycles. The van der Waals surface area contributed by atoms with Gasteiger partial charge in [0.25, 0.3) is 0 Å². The maximum atomic E-state index is 12.8. The van der Waals surface area contributed by atoms with Gasteiger partial charge < -0.3 is 17.3 Å². The van der Waals surface area contributed by atoms with Crippen LogP contribution in [0.1, 0.15) is 24.6 Å². The molecule has 1 atom stereocenters. The second kappa shape index (κ2) is 6.86. The molecule has 0 spiro atoms. The van der Waals surface area contributed by atoms with Gasteiger partial charge in [-0.15, -0.1) is 0 Å². The van der Waals surface area contributed by atoms with Gasteiger partial charge in [-0.25, -0.2) is 0 Å². The number of fused-ring (bicyclic) bond motifs is 3. The number of rotatable bonds is 3. The van der Waals surface area contributed by atoms with Crippen LogP contribution >= 0.6 is 0 Å². The largest absolute Gasteiger partial charge is 1.00 e. The van der Waals surface area contributed by atoms with Gasteiger partial charge in [-0.05, 0) is 43.0 Å². The van der Waals surface area contributed by atoms with E-state index in [1.807, 2.05) is 30.3 Å². The van der Waals surface area contributed by atoms with E-state index < -0.39 is 0 Å². The molecule has 1 unspecified atom stereocenters. The van der Waals surface area contributed by atoms with Gasteiger partial charge in [0.05, 0.1) is 0 Å². The second-order valence-corrected chi connectivity index (χ2v) is 6.55. The average Bonchev–Trinajstić information content (AvgIpc) is 2.63. The van der Waals surface area contributed by atoms with E-state index in [9.17, 15) is 4.79 Å². The minimum atomic E-state index is 0. The van der Waals surface area contributed by atoms with Gasteiger partial charge in [-0.2, -0.15) is 0 Å². The Bertz CT molecular complexity index is 666. The van der Waals surface area contributed by atoms with Crippen LogP contribution in [-0.4, -0.2) is 30.3 Å². The van der Waals surface area contributed by atoms with Crippen molar-refractivity contribution >= 4 is 5.78 Å². The number of carbonyl (C=O) groups excluding carboxylic acids is 1. The van der Waals surface area contributed by atoms with E-state index in [0.717, 1.165) is 12.1 Å². The summed E-state index contributed by atoms with van der Waals surface area (Å²) in [5.74, 6) is 1.16. The summed E-state index contributed by atoms with van der Waals surface area (Å²) in [5, 5.41) is 0. The lowest BCUT2D eigenvalue weighted by Crippen LogP contribution is -3.00. The summed E-state index contributed by atoms with van der Waals surface area (Å²) in [6, 6.07) is 18.5. The summed E-state index contributed by atoms with van der Waals surface area (Å²) in [6.07, 6.45) is 2.39. The van der Waals surface area contributed by atoms with Crippen molar-refractivity contribution in [1.82, 2.24) is 4.90 Å². The van der Waals surface area contributed by atoms with Gasteiger partial charge in [0, 0.05) is 18.0 Å². The molecule has 3 fully saturated rings. The van der Waals surface area contributed by atoms with Gasteiger partial charge in [-0.1, -0.05) is 54.6 Å². The molecule has 0 aromatic heterocycles. The van der Waals surface area contributed by atoms with Crippen LogP contribution < -0.4 is 12.4 Å². The molecule has 0 amide bonds. The summed E-state index contributed by atoms with van der Waals surface area (Å²) < 4.78 is 0. The third-order valence-electron chi connectivity index (χ3n) is 5.27. The lowest BCUT2D eigenvalue weighted by Gasteiger charge is -2.44. The standard InChI is InChI=1S/C20H21NO.ClH/c22-20(19-14-21-12-10-17(19)11-13-21)18-8-6-16(7-9-18)15-4-2-1-3-5-15;/h1-9,17,19H,10-14H2;1H. The Balaban J connectivity index is 0.00000104. The highest BCUT2D eigenvalue weighted by atomic mass is 35.5. The molecule has 0 aliphatic carbocycles. The predicted octanol–water partition coefficient (Wildman–Crippen LogP) is 0.995. The summed E-state index contributed by atoms with van der Waals surface area (Å²) in [6.45, 7) is 3.33. The molecule has 0 N–H and O–H groups in total. The minimum absolute atomic E-state index is 0. The number of halogens is 1. The van der Waals surface area contributed by atoms with Crippen molar-refractivity contribution in [3.05, 3.63) is 60.2 Å². The molecule has 23 heavy (non-hydrogen) atoms. The summed E-state index contributed by atoms with van der Waals surface area (Å²) in [4.78, 5) is 15.3. The first-order valence-electron chi connectivity index (χ1n) is 8.23. The Labute approximate surface area is 145 Å². The van der Waals surface area contributed by atoms with Crippen LogP contribution in [0.15, 0.2) is 54.6 Å². The van der Waals surface area contributed by atoms with Crippen LogP contribution in [0, 0.1) is 11.8 Å². The smallest absolute Gasteiger partial charge is 1.00 e. The molecule has 3 aliphatic heterocycles. The molecule has 3 heterocycles. The van der Waals surface area contributed by atoms with Crippen LogP contribution in [0.2, 0.25) is 0 Å². The fourth-order valence-corrected chi connectivity index (χ4v) is 3.93. The Hall–Kier alpha value is -1.64. The monoisotopic (exact) mass is 327 g/mol. The first kappa shape index (κ1) is 16.2. The van der Waals surface area contributed by atoms with E-state index in [2.05, 4.69) is 29.2 Å². The van der Waals surface area contributed by atoms with Crippen molar-refractivity contribution in [2.75, 3.05) is 19.6 Å². The number of Topliss-reactive ketones (excluding diaryl/α,β-unsaturated/α-hetero) is 1. The van der Waals surface area contributed by atoms with Gasteiger partial charge in [-0.3, -0.25) is 4.79 Å². The highest BCUT2D eigenvalue weighted by Crippen LogP contribution is 2.34. The van der Waals surface area contributed by atoms with Gasteiger partial charge in [0.2, 0.25) is 0 Å². The van der Waals surface area contributed by atoms with Crippen LogP contribution in [-0.2, 0) is 0 Å². The summed E-state index contributed by atoms with van der Waals surface area (Å²) in [5.41, 5.74) is 3.24. The van der Waals surface area contributed by atoms with E-state index in [-0.39, 0.29) is 19.8 Å². The number of carbonyl (C=O) groups is 1. The SMILES string of the molecule is O=C(c1ccc(-c2ccccc2)cc1)C1CN2CCC1CC2.[Cl-].[H+]. The van der Waals surface area contributed by atoms with Crippen molar-refractivity contribution in [3.63, 3.8) is 0 Å². The number of benzene rings is 2. The zero-order chi connectivity index (χ0) is 14.9. The topological polar surface area (TPSA) is 20.3 Å². The molecule has 2 aromatic rings. The Morgan fingerprint density at radius 2 is 1.52 bits per heavy atom. The quantitative estimate of drug-likeness (QED) is 0.784. The highest BCUT2D eigenvalue weighted by molar-refractivity contribution is 5.98. The molecule has 0 radical (unpaired) electrons. The first-order chi connectivity index (χ1) is 10.8. The third kappa shape index (κ3) is 3.19. The van der Waals surface area contributed by atoms with Crippen LogP contribution in [0.5, 0.6) is 0 Å². The van der Waals surface area contributed by atoms with E-state index >= 15 is 0 Å². The maximum absolute atomic E-state index is 12.8. The molecule has 2 bridgehead atoms. The predicted molar refractivity (Wildman–Crippen MR) is 90.0 cm³/mol. The van der Waals surface area contributed by atoms with Crippen LogP contribution in [0.25, 0.3) is 11.1 Å². The molecule has 3 heteroatoms. The van der Waals surface area contributed by atoms with E-state index in [1.54, 1.807) is 0 Å². The van der Waals surface area contributed by atoms with Crippen molar-refractivity contribution < 1.29 is 18.6 Å². The first-order valence-corrected chi connectivity index (χ1v) is 8.23. The fourth-order valence-electron chi connectivity index (χ4n) is 3.93. The lowest BCUT2D eigenvalue weighted by molar-refractivity contribution is -0.0000159. The molecule has 5 rings (SSSR count). The number of hydrogen-bond acceptors (Lipinski definition) is 2. The van der Waals surface area contributed by atoms with Gasteiger partial charge >= 0.3 is 1.43 Å². The summed E-state index contributed by atoms with van der Waals surface area (Å²) >= 11 is 0. The minimum Gasteiger partial charge on any atom is -1.00 e. The molecular weight excluding hydrogens is 306 g/mol. The van der Waals surface area contributed by atoms with Crippen LogP contribution in [0.4, 0.5) is 0 Å². The zero-order valence-electron chi connectivity index (χ0n) is 14.1. The number of piperidine rings is 3. The second-order valence-electron chi connectivity index (χ2n) is 6.55. The van der Waals surface area contributed by atoms with E-state index in [4.69, 9.17) is 0 Å². The molecule has 2 aromatic carbocycles. The Kier molecular flexibility index (Phi) is 4.84.